The molecule has 0 aliphatic carbocycles. The summed E-state index contributed by atoms with van der Waals surface area (Å²) in [7, 11) is 1.67. The summed E-state index contributed by atoms with van der Waals surface area (Å²) in [6.07, 6.45) is 13.7. The maximum Gasteiger partial charge on any atom is 0.249 e. The van der Waals surface area contributed by atoms with Crippen LogP contribution >= 0.6 is 0 Å². The molecule has 4 amide bonds. The number of likely N-dealkylation sites (tertiary alicyclic amines) is 2. The van der Waals surface area contributed by atoms with Crippen LogP contribution in [0.25, 0.3) is 0 Å². The van der Waals surface area contributed by atoms with Crippen molar-refractivity contribution in [1.82, 2.24) is 25.3 Å². The minimum Gasteiger partial charge on any atom is -0.354 e. The Kier molecular flexibility index (Phi) is 23.4. The highest BCUT2D eigenvalue weighted by molar-refractivity contribution is 5.97. The van der Waals surface area contributed by atoms with E-state index in [4.69, 9.17) is 0 Å². The van der Waals surface area contributed by atoms with Gasteiger partial charge < -0.3 is 25.3 Å². The van der Waals surface area contributed by atoms with Gasteiger partial charge >= 0.3 is 0 Å². The molecule has 2 rings (SSSR count). The van der Waals surface area contributed by atoms with Crippen LogP contribution < -0.4 is 10.6 Å². The van der Waals surface area contributed by atoms with E-state index in [0.717, 1.165) is 31.2 Å². The number of hydrogen-bond acceptors (Lipinski definition) is 5. The molecular formula is C36H69N5O4. The normalized spacial score (nSPS) is 17.7. The summed E-state index contributed by atoms with van der Waals surface area (Å²) in [5, 5.41) is 5.38. The van der Waals surface area contributed by atoms with E-state index >= 15 is 0 Å². The van der Waals surface area contributed by atoms with E-state index < -0.39 is 6.04 Å². The number of piperidine rings is 1. The predicted molar refractivity (Wildman–Crippen MR) is 187 cm³/mol. The maximum atomic E-state index is 13.1. The average molecular weight is 636 g/mol. The molecule has 0 unspecified atom stereocenters. The van der Waals surface area contributed by atoms with Crippen molar-refractivity contribution in [2.24, 2.45) is 11.8 Å². The van der Waals surface area contributed by atoms with Crippen LogP contribution in [0.5, 0.6) is 0 Å². The van der Waals surface area contributed by atoms with Crippen LogP contribution in [-0.4, -0.2) is 96.7 Å². The van der Waals surface area contributed by atoms with Gasteiger partial charge in [-0.2, -0.15) is 0 Å². The van der Waals surface area contributed by atoms with E-state index in [-0.39, 0.29) is 36.2 Å². The van der Waals surface area contributed by atoms with E-state index in [0.29, 0.717) is 31.5 Å². The van der Waals surface area contributed by atoms with Crippen LogP contribution in [0.3, 0.4) is 0 Å². The molecule has 2 N–H and O–H groups in total. The van der Waals surface area contributed by atoms with Crippen molar-refractivity contribution in [1.29, 1.82) is 0 Å². The molecule has 2 aliphatic rings. The van der Waals surface area contributed by atoms with Gasteiger partial charge in [0.25, 0.3) is 0 Å². The molecule has 2 fully saturated rings. The van der Waals surface area contributed by atoms with Crippen molar-refractivity contribution in [3.05, 3.63) is 11.6 Å². The lowest BCUT2D eigenvalue weighted by Gasteiger charge is -2.30. The molecule has 9 nitrogen and oxygen atoms in total. The zero-order valence-corrected chi connectivity index (χ0v) is 30.6. The number of amides is 4. The van der Waals surface area contributed by atoms with Crippen LogP contribution in [0, 0.1) is 11.8 Å². The predicted octanol–water partition coefficient (Wildman–Crippen LogP) is 5.78. The third-order valence-corrected chi connectivity index (χ3v) is 8.14. The summed E-state index contributed by atoms with van der Waals surface area (Å²) in [5.41, 5.74) is 0.519. The van der Waals surface area contributed by atoms with Crippen LogP contribution in [-0.2, 0) is 19.2 Å². The lowest BCUT2D eigenvalue weighted by atomic mass is 9.99. The first-order chi connectivity index (χ1) is 21.3. The highest BCUT2D eigenvalue weighted by atomic mass is 16.2. The Morgan fingerprint density at radius 2 is 1.49 bits per heavy atom. The second-order valence-electron chi connectivity index (χ2n) is 13.9. The van der Waals surface area contributed by atoms with Crippen LogP contribution in [0.1, 0.15) is 127 Å². The molecule has 2 aliphatic heterocycles. The average Bonchev–Trinajstić information content (AvgIpc) is 3.50. The van der Waals surface area contributed by atoms with Crippen molar-refractivity contribution in [2.45, 2.75) is 145 Å². The fraction of sp³-hybridized carbons (Fsp3) is 0.833. The second kappa shape index (κ2) is 24.8. The number of rotatable bonds is 15. The Morgan fingerprint density at radius 1 is 0.889 bits per heavy atom. The smallest absolute Gasteiger partial charge is 0.249 e. The van der Waals surface area contributed by atoms with Gasteiger partial charge in [-0.25, -0.2) is 0 Å². The van der Waals surface area contributed by atoms with Gasteiger partial charge in [-0.15, -0.1) is 0 Å². The van der Waals surface area contributed by atoms with Crippen molar-refractivity contribution < 1.29 is 19.2 Å². The number of carbonyl (C=O) groups is 4. The maximum absolute atomic E-state index is 13.1. The van der Waals surface area contributed by atoms with E-state index in [9.17, 15) is 19.2 Å². The van der Waals surface area contributed by atoms with Crippen molar-refractivity contribution in [3.63, 3.8) is 0 Å². The number of likely N-dealkylation sites (N-methyl/N-ethyl adjacent to an activating group) is 1. The third-order valence-electron chi connectivity index (χ3n) is 8.14. The highest BCUT2D eigenvalue weighted by Gasteiger charge is 2.34. The lowest BCUT2D eigenvalue weighted by molar-refractivity contribution is -0.135. The van der Waals surface area contributed by atoms with Gasteiger partial charge in [-0.05, 0) is 77.8 Å². The van der Waals surface area contributed by atoms with E-state index in [2.05, 4.69) is 57.1 Å². The molecule has 0 spiro atoms. The quantitative estimate of drug-likeness (QED) is 0.135. The first-order valence-electron chi connectivity index (χ1n) is 17.7. The number of carbonyl (C=O) groups excluding carboxylic acids is 4. The molecule has 2 saturated heterocycles. The number of nitrogens with one attached hydrogen (secondary N) is 2. The van der Waals surface area contributed by atoms with E-state index in [1.165, 1.54) is 51.6 Å². The molecule has 0 aromatic carbocycles. The van der Waals surface area contributed by atoms with Crippen molar-refractivity contribution >= 4 is 24.1 Å². The van der Waals surface area contributed by atoms with Gasteiger partial charge in [0.2, 0.25) is 24.1 Å². The molecule has 45 heavy (non-hydrogen) atoms. The molecule has 0 saturated carbocycles. The molecule has 9 heteroatoms. The van der Waals surface area contributed by atoms with Gasteiger partial charge in [0.1, 0.15) is 6.04 Å². The fourth-order valence-electron chi connectivity index (χ4n) is 5.50. The topological polar surface area (TPSA) is 102 Å². The van der Waals surface area contributed by atoms with Crippen molar-refractivity contribution in [2.75, 3.05) is 39.8 Å². The number of hydrogen-bond donors (Lipinski definition) is 2. The van der Waals surface area contributed by atoms with Crippen LogP contribution in [0.2, 0.25) is 0 Å². The Hall–Kier alpha value is -2.42. The zero-order valence-electron chi connectivity index (χ0n) is 30.6. The standard InChI is InChI=1S/C24H42N4O4.C8H17N.C4H10/c1-6-7-8-9-10-13-26-23(31)20-12-11-14-28(20)24(32)19(4)15-21(18(2)3)27(5)22(30)16-25-17-29;1-8(2)9-6-4-3-5-7-9;1-4(2)3/h15,17-18,20-21H,6-14,16H2,1-5H3,(H,25,29)(H,26,31);8H,3-7H2,1-2H3;4H,1-3H3/b19-15+;;/t20-,21+;;/m0../s1. The molecule has 0 aromatic rings. The van der Waals surface area contributed by atoms with E-state index in [1.54, 1.807) is 29.8 Å². The number of nitrogens with zero attached hydrogens (tertiary/aromatic N) is 3. The summed E-state index contributed by atoms with van der Waals surface area (Å²) >= 11 is 0. The van der Waals surface area contributed by atoms with Gasteiger partial charge in [0, 0.05) is 31.8 Å². The minimum atomic E-state index is -0.435. The summed E-state index contributed by atoms with van der Waals surface area (Å²) in [4.78, 5) is 54.4. The van der Waals surface area contributed by atoms with Crippen molar-refractivity contribution in [3.8, 4) is 0 Å². The number of unbranched alkanes of at least 4 members (excludes halogenated alkanes) is 4. The first kappa shape index (κ1) is 42.6. The van der Waals surface area contributed by atoms with Crippen LogP contribution in [0.15, 0.2) is 11.6 Å². The first-order valence-corrected chi connectivity index (χ1v) is 17.7. The van der Waals surface area contributed by atoms with Crippen LogP contribution in [0.4, 0.5) is 0 Å². The van der Waals surface area contributed by atoms with E-state index in [1.807, 2.05) is 13.8 Å². The monoisotopic (exact) mass is 636 g/mol. The molecule has 0 aromatic heterocycles. The summed E-state index contributed by atoms with van der Waals surface area (Å²) < 4.78 is 0. The largest absolute Gasteiger partial charge is 0.354 e. The Bertz CT molecular complexity index is 865. The van der Waals surface area contributed by atoms with Gasteiger partial charge in [-0.1, -0.05) is 79.7 Å². The molecule has 262 valence electrons. The Labute approximate surface area is 276 Å². The second-order valence-corrected chi connectivity index (χ2v) is 13.9. The summed E-state index contributed by atoms with van der Waals surface area (Å²) in [6.45, 7) is 22.7. The molecular weight excluding hydrogens is 566 g/mol. The SMILES string of the molecule is CC(C)C.CC(C)N1CCCCC1.CCCCCCCNC(=O)[C@@H]1CCCN1C(=O)/C(C)=C/[C@H](C(C)C)N(C)C(=O)CNC=O. The Morgan fingerprint density at radius 3 is 2.00 bits per heavy atom. The molecule has 2 heterocycles. The molecule has 2 atom stereocenters. The molecule has 0 radical (unpaired) electrons. The fourth-order valence-corrected chi connectivity index (χ4v) is 5.50. The van der Waals surface area contributed by atoms with Gasteiger partial charge in [-0.3, -0.25) is 19.2 Å². The summed E-state index contributed by atoms with van der Waals surface area (Å²) in [6, 6.07) is 0.0401. The molecule has 0 bridgehead atoms. The zero-order chi connectivity index (χ0) is 34.4. The minimum absolute atomic E-state index is 0.0771. The van der Waals surface area contributed by atoms with Gasteiger partial charge in [0.15, 0.2) is 0 Å². The highest BCUT2D eigenvalue weighted by Crippen LogP contribution is 2.22. The summed E-state index contributed by atoms with van der Waals surface area (Å²) in [5.74, 6) is 0.438. The third kappa shape index (κ3) is 18.3. The van der Waals surface area contributed by atoms with Gasteiger partial charge in [0.05, 0.1) is 12.6 Å². The lowest BCUT2D eigenvalue weighted by Crippen LogP contribution is -2.47. The Balaban J connectivity index is 0.00000123.